The van der Waals surface area contributed by atoms with Crippen molar-refractivity contribution in [2.24, 2.45) is 5.92 Å². The molecular formula is C15H20N2O2S2. The van der Waals surface area contributed by atoms with Gasteiger partial charge in [-0.15, -0.1) is 11.3 Å². The predicted octanol–water partition coefficient (Wildman–Crippen LogP) is 3.31. The molecule has 0 spiro atoms. The Hall–Kier alpha value is -1.37. The Bertz CT molecular complexity index is 707. The number of thiophene rings is 1. The van der Waals surface area contributed by atoms with E-state index in [0.29, 0.717) is 0 Å². The van der Waals surface area contributed by atoms with Crippen LogP contribution in [0, 0.1) is 12.8 Å². The minimum Gasteiger partial charge on any atom is -0.398 e. The summed E-state index contributed by atoms with van der Waals surface area (Å²) in [6.45, 7) is 5.86. The minimum atomic E-state index is -3.65. The second-order valence-electron chi connectivity index (χ2n) is 5.40. The van der Waals surface area contributed by atoms with E-state index in [0.717, 1.165) is 10.4 Å². The molecule has 0 amide bonds. The fourth-order valence-corrected chi connectivity index (χ4v) is 4.63. The summed E-state index contributed by atoms with van der Waals surface area (Å²) in [5.74, 6) is 0.144. The number of hydrogen-bond donors (Lipinski definition) is 2. The second-order valence-corrected chi connectivity index (χ2v) is 8.06. The molecule has 4 nitrogen and oxygen atoms in total. The molecule has 0 fully saturated rings. The number of benzene rings is 1. The molecule has 1 aromatic heterocycles. The summed E-state index contributed by atoms with van der Waals surface area (Å²) in [6, 6.07) is 8.58. The van der Waals surface area contributed by atoms with Crippen molar-refractivity contribution in [2.45, 2.75) is 31.7 Å². The van der Waals surface area contributed by atoms with Gasteiger partial charge in [-0.2, -0.15) is 0 Å². The monoisotopic (exact) mass is 324 g/mol. The van der Waals surface area contributed by atoms with Crippen LogP contribution in [0.1, 0.15) is 30.3 Å². The smallest absolute Gasteiger partial charge is 0.243 e. The SMILES string of the molecule is Cc1ccc(S(=O)(=O)NC(c2cccs2)C(C)C)c(N)c1. The van der Waals surface area contributed by atoms with Crippen LogP contribution in [0.5, 0.6) is 0 Å². The van der Waals surface area contributed by atoms with Gasteiger partial charge in [0.2, 0.25) is 10.0 Å². The lowest BCUT2D eigenvalue weighted by Gasteiger charge is -2.21. The van der Waals surface area contributed by atoms with Gasteiger partial charge < -0.3 is 5.73 Å². The molecule has 0 aliphatic carbocycles. The van der Waals surface area contributed by atoms with Crippen LogP contribution >= 0.6 is 11.3 Å². The average Bonchev–Trinajstić information content (AvgIpc) is 2.88. The molecule has 3 N–H and O–H groups in total. The van der Waals surface area contributed by atoms with E-state index in [-0.39, 0.29) is 22.5 Å². The highest BCUT2D eigenvalue weighted by atomic mass is 32.2. The average molecular weight is 324 g/mol. The zero-order valence-electron chi connectivity index (χ0n) is 12.3. The number of anilines is 1. The van der Waals surface area contributed by atoms with Gasteiger partial charge in [0.15, 0.2) is 0 Å². The number of hydrogen-bond acceptors (Lipinski definition) is 4. The normalized spacial score (nSPS) is 13.5. The molecule has 114 valence electrons. The van der Waals surface area contributed by atoms with Gasteiger partial charge in [0.25, 0.3) is 0 Å². The van der Waals surface area contributed by atoms with Crippen LogP contribution in [0.4, 0.5) is 5.69 Å². The maximum absolute atomic E-state index is 12.6. The standard InChI is InChI=1S/C15H20N2O2S2/c1-10(2)15(13-5-4-8-20-13)17-21(18,19)14-7-6-11(3)9-12(14)16/h4-10,15,17H,16H2,1-3H3. The zero-order chi connectivity index (χ0) is 15.6. The third-order valence-electron chi connectivity index (χ3n) is 3.25. The van der Waals surface area contributed by atoms with Crippen molar-refractivity contribution >= 4 is 27.0 Å². The Labute approximate surface area is 130 Å². The summed E-state index contributed by atoms with van der Waals surface area (Å²) in [5, 5.41) is 1.94. The van der Waals surface area contributed by atoms with Gasteiger partial charge in [-0.3, -0.25) is 0 Å². The number of sulfonamides is 1. The molecule has 2 aromatic rings. The van der Waals surface area contributed by atoms with E-state index in [1.54, 1.807) is 29.5 Å². The van der Waals surface area contributed by atoms with E-state index < -0.39 is 10.0 Å². The molecule has 0 saturated carbocycles. The lowest BCUT2D eigenvalue weighted by atomic mass is 10.0. The van der Waals surface area contributed by atoms with Crippen molar-refractivity contribution in [3.63, 3.8) is 0 Å². The highest BCUT2D eigenvalue weighted by molar-refractivity contribution is 7.89. The minimum absolute atomic E-state index is 0.135. The number of nitrogens with one attached hydrogen (secondary N) is 1. The van der Waals surface area contributed by atoms with Gasteiger partial charge in [-0.1, -0.05) is 26.0 Å². The molecule has 1 heterocycles. The topological polar surface area (TPSA) is 72.2 Å². The van der Waals surface area contributed by atoms with E-state index in [1.165, 1.54) is 0 Å². The zero-order valence-corrected chi connectivity index (χ0v) is 14.0. The molecule has 6 heteroatoms. The molecule has 0 aliphatic heterocycles. The summed E-state index contributed by atoms with van der Waals surface area (Å²) in [5.41, 5.74) is 7.07. The molecule has 1 atom stereocenters. The van der Waals surface area contributed by atoms with Crippen molar-refractivity contribution in [2.75, 3.05) is 5.73 Å². The summed E-state index contributed by atoms with van der Waals surface area (Å²) in [6.07, 6.45) is 0. The van der Waals surface area contributed by atoms with Crippen LogP contribution in [-0.2, 0) is 10.0 Å². The van der Waals surface area contributed by atoms with Crippen LogP contribution in [0.2, 0.25) is 0 Å². The van der Waals surface area contributed by atoms with Crippen LogP contribution in [0.3, 0.4) is 0 Å². The fourth-order valence-electron chi connectivity index (χ4n) is 2.13. The summed E-state index contributed by atoms with van der Waals surface area (Å²) in [7, 11) is -3.65. The van der Waals surface area contributed by atoms with E-state index in [2.05, 4.69) is 4.72 Å². The van der Waals surface area contributed by atoms with Crippen LogP contribution < -0.4 is 10.5 Å². The van der Waals surface area contributed by atoms with Gasteiger partial charge >= 0.3 is 0 Å². The van der Waals surface area contributed by atoms with Crippen LogP contribution in [0.25, 0.3) is 0 Å². The van der Waals surface area contributed by atoms with E-state index >= 15 is 0 Å². The third kappa shape index (κ3) is 3.64. The summed E-state index contributed by atoms with van der Waals surface area (Å²) in [4.78, 5) is 1.13. The van der Waals surface area contributed by atoms with Gasteiger partial charge in [0, 0.05) is 4.88 Å². The molecule has 1 unspecified atom stereocenters. The van der Waals surface area contributed by atoms with Gasteiger partial charge in [-0.25, -0.2) is 13.1 Å². The quantitative estimate of drug-likeness (QED) is 0.829. The van der Waals surface area contributed by atoms with E-state index in [1.807, 2.05) is 38.3 Å². The van der Waals surface area contributed by atoms with Gasteiger partial charge in [-0.05, 0) is 42.0 Å². The van der Waals surface area contributed by atoms with Crippen molar-refractivity contribution in [3.05, 3.63) is 46.2 Å². The largest absolute Gasteiger partial charge is 0.398 e. The predicted molar refractivity (Wildman–Crippen MR) is 87.8 cm³/mol. The Morgan fingerprint density at radius 2 is 1.95 bits per heavy atom. The van der Waals surface area contributed by atoms with E-state index in [9.17, 15) is 8.42 Å². The van der Waals surface area contributed by atoms with Gasteiger partial charge in [0.05, 0.1) is 11.7 Å². The molecule has 0 aliphatic rings. The third-order valence-corrected chi connectivity index (χ3v) is 5.72. The molecule has 2 rings (SSSR count). The fraction of sp³-hybridized carbons (Fsp3) is 0.333. The first-order chi connectivity index (χ1) is 9.81. The highest BCUT2D eigenvalue weighted by Gasteiger charge is 2.25. The Balaban J connectivity index is 2.35. The first-order valence-electron chi connectivity index (χ1n) is 6.73. The van der Waals surface area contributed by atoms with Crippen LogP contribution in [-0.4, -0.2) is 8.42 Å². The van der Waals surface area contributed by atoms with Gasteiger partial charge in [0.1, 0.15) is 4.90 Å². The van der Waals surface area contributed by atoms with Crippen molar-refractivity contribution in [1.29, 1.82) is 0 Å². The Morgan fingerprint density at radius 1 is 1.24 bits per heavy atom. The Morgan fingerprint density at radius 3 is 2.48 bits per heavy atom. The summed E-state index contributed by atoms with van der Waals surface area (Å²) >= 11 is 1.54. The molecule has 21 heavy (non-hydrogen) atoms. The van der Waals surface area contributed by atoms with Crippen molar-refractivity contribution in [3.8, 4) is 0 Å². The number of aryl methyl sites for hydroxylation is 1. The lowest BCUT2D eigenvalue weighted by molar-refractivity contribution is 0.469. The first-order valence-corrected chi connectivity index (χ1v) is 9.09. The molecule has 1 aromatic carbocycles. The Kier molecular flexibility index (Phi) is 4.70. The highest BCUT2D eigenvalue weighted by Crippen LogP contribution is 2.29. The van der Waals surface area contributed by atoms with Crippen molar-refractivity contribution < 1.29 is 8.42 Å². The molecular weight excluding hydrogens is 304 g/mol. The second kappa shape index (κ2) is 6.17. The molecule has 0 bridgehead atoms. The summed E-state index contributed by atoms with van der Waals surface area (Å²) < 4.78 is 28.0. The molecule has 0 saturated heterocycles. The lowest BCUT2D eigenvalue weighted by Crippen LogP contribution is -2.31. The van der Waals surface area contributed by atoms with Crippen LogP contribution in [0.15, 0.2) is 40.6 Å². The number of nitrogen functional groups attached to an aromatic ring is 1. The molecule has 0 radical (unpaired) electrons. The maximum atomic E-state index is 12.6. The van der Waals surface area contributed by atoms with Crippen molar-refractivity contribution in [1.82, 2.24) is 4.72 Å². The van der Waals surface area contributed by atoms with E-state index in [4.69, 9.17) is 5.73 Å². The maximum Gasteiger partial charge on any atom is 0.243 e. The number of nitrogens with two attached hydrogens (primary N) is 1. The number of rotatable bonds is 5. The first kappa shape index (κ1) is 16.0.